The number of hydrogen-bond acceptors (Lipinski definition) is 6. The highest BCUT2D eigenvalue weighted by atomic mass is 32.2. The van der Waals surface area contributed by atoms with Crippen LogP contribution in [0.15, 0.2) is 70.3 Å². The van der Waals surface area contributed by atoms with Crippen molar-refractivity contribution < 1.29 is 4.42 Å². The van der Waals surface area contributed by atoms with E-state index >= 15 is 0 Å². The molecule has 0 fully saturated rings. The Bertz CT molecular complexity index is 1070. The first-order valence-corrected chi connectivity index (χ1v) is 10.8. The van der Waals surface area contributed by atoms with Crippen LogP contribution >= 0.6 is 23.1 Å². The lowest BCUT2D eigenvalue weighted by Crippen LogP contribution is -2.01. The molecule has 1 aromatic carbocycles. The van der Waals surface area contributed by atoms with Gasteiger partial charge in [0, 0.05) is 24.1 Å². The van der Waals surface area contributed by atoms with E-state index in [9.17, 15) is 0 Å². The molecule has 0 aliphatic carbocycles. The van der Waals surface area contributed by atoms with Gasteiger partial charge in [0.1, 0.15) is 5.76 Å². The van der Waals surface area contributed by atoms with Crippen LogP contribution in [0.25, 0.3) is 11.4 Å². The van der Waals surface area contributed by atoms with E-state index in [2.05, 4.69) is 51.0 Å². The molecular formula is C21H20N4OS2. The summed E-state index contributed by atoms with van der Waals surface area (Å²) in [6.45, 7) is 6.44. The topological polar surface area (TPSA) is 56.7 Å². The van der Waals surface area contributed by atoms with E-state index in [1.165, 1.54) is 5.56 Å². The Morgan fingerprint density at radius 1 is 1.21 bits per heavy atom. The molecule has 7 heteroatoms. The molecule has 0 bridgehead atoms. The number of furan rings is 1. The number of hydrogen-bond donors (Lipinski definition) is 0. The van der Waals surface area contributed by atoms with Gasteiger partial charge in [-0.25, -0.2) is 4.98 Å². The van der Waals surface area contributed by atoms with E-state index in [0.717, 1.165) is 45.2 Å². The summed E-state index contributed by atoms with van der Waals surface area (Å²) in [5.41, 5.74) is 3.30. The van der Waals surface area contributed by atoms with Crippen molar-refractivity contribution in [1.82, 2.24) is 19.7 Å². The number of thioether (sulfide) groups is 1. The largest absolute Gasteiger partial charge is 0.469 e. The lowest BCUT2D eigenvalue weighted by Gasteiger charge is -2.06. The van der Waals surface area contributed by atoms with Crippen molar-refractivity contribution in [2.75, 3.05) is 0 Å². The third-order valence-corrected chi connectivity index (χ3v) is 6.17. The minimum atomic E-state index is 0.644. The van der Waals surface area contributed by atoms with Gasteiger partial charge in [-0.15, -0.1) is 28.1 Å². The fourth-order valence-corrected chi connectivity index (χ4v) is 4.68. The van der Waals surface area contributed by atoms with Crippen molar-refractivity contribution in [3.63, 3.8) is 0 Å². The molecule has 3 heterocycles. The predicted molar refractivity (Wildman–Crippen MR) is 114 cm³/mol. The van der Waals surface area contributed by atoms with Gasteiger partial charge in [0.05, 0.1) is 22.5 Å². The summed E-state index contributed by atoms with van der Waals surface area (Å²) in [5.74, 6) is 2.39. The third-order valence-electron chi connectivity index (χ3n) is 4.27. The highest BCUT2D eigenvalue weighted by Gasteiger charge is 2.17. The Balaban J connectivity index is 1.47. The molecule has 4 rings (SSSR count). The summed E-state index contributed by atoms with van der Waals surface area (Å²) in [4.78, 5) is 4.77. The van der Waals surface area contributed by atoms with Gasteiger partial charge in [-0.05, 0) is 18.6 Å². The molecule has 28 heavy (non-hydrogen) atoms. The lowest BCUT2D eigenvalue weighted by molar-refractivity contribution is 0.534. The second kappa shape index (κ2) is 8.58. The van der Waals surface area contributed by atoms with Crippen molar-refractivity contribution in [3.8, 4) is 11.4 Å². The van der Waals surface area contributed by atoms with E-state index in [-0.39, 0.29) is 0 Å². The fourth-order valence-electron chi connectivity index (χ4n) is 2.91. The smallest absolute Gasteiger partial charge is 0.192 e. The molecule has 4 aromatic rings. The average Bonchev–Trinajstić information content (AvgIpc) is 3.42. The van der Waals surface area contributed by atoms with Gasteiger partial charge in [0.2, 0.25) is 0 Å². The Morgan fingerprint density at radius 3 is 2.82 bits per heavy atom. The van der Waals surface area contributed by atoms with Crippen molar-refractivity contribution in [3.05, 3.63) is 82.7 Å². The molecule has 0 atom stereocenters. The lowest BCUT2D eigenvalue weighted by atomic mass is 10.2. The number of thiazole rings is 1. The molecule has 3 aromatic heterocycles. The van der Waals surface area contributed by atoms with Crippen molar-refractivity contribution >= 4 is 23.1 Å². The van der Waals surface area contributed by atoms with Crippen LogP contribution in [-0.4, -0.2) is 19.7 Å². The van der Waals surface area contributed by atoms with Gasteiger partial charge in [-0.2, -0.15) is 0 Å². The van der Waals surface area contributed by atoms with E-state index in [1.54, 1.807) is 29.4 Å². The summed E-state index contributed by atoms with van der Waals surface area (Å²) in [7, 11) is 0. The van der Waals surface area contributed by atoms with Crippen LogP contribution in [0.2, 0.25) is 0 Å². The number of aromatic nitrogens is 4. The van der Waals surface area contributed by atoms with Crippen molar-refractivity contribution in [2.24, 2.45) is 0 Å². The Hall–Kier alpha value is -2.64. The first kappa shape index (κ1) is 18.7. The minimum Gasteiger partial charge on any atom is -0.469 e. The number of aryl methyl sites for hydroxylation is 1. The maximum Gasteiger partial charge on any atom is 0.192 e. The van der Waals surface area contributed by atoms with E-state index in [0.29, 0.717) is 6.54 Å². The zero-order chi connectivity index (χ0) is 19.3. The van der Waals surface area contributed by atoms with Crippen LogP contribution in [0.4, 0.5) is 0 Å². The first-order chi connectivity index (χ1) is 13.7. The Morgan fingerprint density at radius 2 is 2.07 bits per heavy atom. The first-order valence-electron chi connectivity index (χ1n) is 8.93. The maximum absolute atomic E-state index is 5.42. The molecule has 0 saturated heterocycles. The summed E-state index contributed by atoms with van der Waals surface area (Å²) in [6, 6.07) is 12.3. The van der Waals surface area contributed by atoms with Crippen molar-refractivity contribution in [1.29, 1.82) is 0 Å². The molecular weight excluding hydrogens is 388 g/mol. The summed E-state index contributed by atoms with van der Waals surface area (Å²) < 4.78 is 7.48. The molecule has 0 amide bonds. The van der Waals surface area contributed by atoms with E-state index in [4.69, 9.17) is 9.40 Å². The quantitative estimate of drug-likeness (QED) is 0.290. The van der Waals surface area contributed by atoms with E-state index in [1.807, 2.05) is 25.1 Å². The zero-order valence-corrected chi connectivity index (χ0v) is 17.2. The second-order valence-corrected chi connectivity index (χ2v) is 8.16. The van der Waals surface area contributed by atoms with E-state index < -0.39 is 0 Å². The molecule has 0 radical (unpaired) electrons. The highest BCUT2D eigenvalue weighted by molar-refractivity contribution is 7.98. The fraction of sp³-hybridized carbons (Fsp3) is 0.190. The predicted octanol–water partition coefficient (Wildman–Crippen LogP) is 5.37. The summed E-state index contributed by atoms with van der Waals surface area (Å²) in [5, 5.41) is 12.9. The van der Waals surface area contributed by atoms with Crippen LogP contribution < -0.4 is 0 Å². The molecule has 0 spiro atoms. The van der Waals surface area contributed by atoms with Gasteiger partial charge >= 0.3 is 0 Å². The van der Waals surface area contributed by atoms with Gasteiger partial charge in [0.15, 0.2) is 11.0 Å². The van der Waals surface area contributed by atoms with Gasteiger partial charge < -0.3 is 4.42 Å². The zero-order valence-electron chi connectivity index (χ0n) is 15.5. The van der Waals surface area contributed by atoms with Crippen LogP contribution in [0.3, 0.4) is 0 Å². The molecule has 0 aliphatic heterocycles. The average molecular weight is 409 g/mol. The normalized spacial score (nSPS) is 11.0. The summed E-state index contributed by atoms with van der Waals surface area (Å²) in [6.07, 6.45) is 4.40. The van der Waals surface area contributed by atoms with Crippen LogP contribution in [0.5, 0.6) is 0 Å². The maximum atomic E-state index is 5.42. The monoisotopic (exact) mass is 408 g/mol. The highest BCUT2D eigenvalue weighted by Crippen LogP contribution is 2.29. The Kier molecular flexibility index (Phi) is 5.73. The molecule has 142 valence electrons. The number of rotatable bonds is 8. The summed E-state index contributed by atoms with van der Waals surface area (Å²) >= 11 is 3.34. The number of benzene rings is 1. The molecule has 0 N–H and O–H groups in total. The SMILES string of the molecule is C=CCn1c(SCc2csc(Cc3ccccc3)n2)nnc1-c1ccoc1C. The number of nitrogens with zero attached hydrogens (tertiary/aromatic N) is 4. The molecule has 0 unspecified atom stereocenters. The van der Waals surface area contributed by atoms with Gasteiger partial charge in [0.25, 0.3) is 0 Å². The molecule has 0 saturated carbocycles. The van der Waals surface area contributed by atoms with Gasteiger partial charge in [-0.1, -0.05) is 48.2 Å². The Labute approximate surface area is 172 Å². The second-order valence-electron chi connectivity index (χ2n) is 6.28. The van der Waals surface area contributed by atoms with Gasteiger partial charge in [-0.3, -0.25) is 4.57 Å². The standard InChI is InChI=1S/C21H20N4OS2/c1-3-10-25-20(18-9-11-26-15(18)2)23-24-21(25)28-14-17-13-27-19(22-17)12-16-7-5-4-6-8-16/h3-9,11,13H,1,10,12,14H2,2H3. The van der Waals surface area contributed by atoms with Crippen LogP contribution in [0.1, 0.15) is 22.0 Å². The number of allylic oxidation sites excluding steroid dienone is 1. The molecule has 0 aliphatic rings. The minimum absolute atomic E-state index is 0.644. The third kappa shape index (κ3) is 4.10. The molecule has 5 nitrogen and oxygen atoms in total. The van der Waals surface area contributed by atoms with Crippen LogP contribution in [0, 0.1) is 6.92 Å². The van der Waals surface area contributed by atoms with Crippen LogP contribution in [-0.2, 0) is 18.7 Å². The van der Waals surface area contributed by atoms with Crippen molar-refractivity contribution in [2.45, 2.75) is 30.8 Å².